The fourth-order valence-corrected chi connectivity index (χ4v) is 6.28. The zero-order valence-electron chi connectivity index (χ0n) is 28.3. The highest BCUT2D eigenvalue weighted by atomic mass is 32.2. The van der Waals surface area contributed by atoms with Gasteiger partial charge >= 0.3 is 6.09 Å². The van der Waals surface area contributed by atoms with Gasteiger partial charge in [0.15, 0.2) is 0 Å². The molecular formula is C31H33N3O6S. The summed E-state index contributed by atoms with van der Waals surface area (Å²) < 4.78 is 86.8. The lowest BCUT2D eigenvalue weighted by atomic mass is 10.0. The van der Waals surface area contributed by atoms with Gasteiger partial charge in [-0.2, -0.15) is 0 Å². The Labute approximate surface area is 247 Å². The van der Waals surface area contributed by atoms with E-state index < -0.39 is 36.0 Å². The summed E-state index contributed by atoms with van der Waals surface area (Å²) in [6.45, 7) is -0.976. The van der Waals surface area contributed by atoms with E-state index in [1.54, 1.807) is 37.3 Å². The predicted octanol–water partition coefficient (Wildman–Crippen LogP) is 5.70. The first-order valence-corrected chi connectivity index (χ1v) is 14.6. The number of methoxy groups -OCH3 is 1. The number of ether oxygens (including phenoxy) is 2. The van der Waals surface area contributed by atoms with Crippen molar-refractivity contribution in [3.63, 3.8) is 0 Å². The summed E-state index contributed by atoms with van der Waals surface area (Å²) in [4.78, 5) is 25.5. The van der Waals surface area contributed by atoms with Gasteiger partial charge in [0, 0.05) is 45.9 Å². The summed E-state index contributed by atoms with van der Waals surface area (Å²) in [5.74, 6) is -1.23. The first-order valence-electron chi connectivity index (χ1n) is 16.1. The van der Waals surface area contributed by atoms with Crippen LogP contribution in [0.3, 0.4) is 0 Å². The number of nitrogens with zero attached hydrogens (tertiary/aromatic N) is 1. The molecule has 1 aromatic heterocycles. The summed E-state index contributed by atoms with van der Waals surface area (Å²) >= 11 is 0. The van der Waals surface area contributed by atoms with Gasteiger partial charge in [-0.25, -0.2) is 17.9 Å². The van der Waals surface area contributed by atoms with E-state index in [-0.39, 0.29) is 34.3 Å². The second kappa shape index (κ2) is 11.7. The number of benzene rings is 3. The van der Waals surface area contributed by atoms with Crippen LogP contribution in [-0.2, 0) is 28.2 Å². The first-order chi connectivity index (χ1) is 22.0. The van der Waals surface area contributed by atoms with Crippen molar-refractivity contribution in [2.45, 2.75) is 50.0 Å². The van der Waals surface area contributed by atoms with Crippen LogP contribution in [0.1, 0.15) is 61.0 Å². The van der Waals surface area contributed by atoms with Crippen LogP contribution in [0.4, 0.5) is 10.5 Å². The summed E-state index contributed by atoms with van der Waals surface area (Å²) in [6, 6.07) is 14.7. The number of rotatable bonds is 8. The Morgan fingerprint density at radius 3 is 2.61 bits per heavy atom. The molecule has 5 rings (SSSR count). The van der Waals surface area contributed by atoms with E-state index in [1.807, 2.05) is 4.72 Å². The highest BCUT2D eigenvalue weighted by molar-refractivity contribution is 7.90. The lowest BCUT2D eigenvalue weighted by Gasteiger charge is -2.13. The van der Waals surface area contributed by atoms with Crippen molar-refractivity contribution in [2.24, 2.45) is 6.98 Å². The standard InChI is InChI=1S/C31H33N3O6S/c1-20-8-4-7-11-29(20)41(37,38)33-30(35)22-13-12-21(28(17-22)39-3)16-23-19-34(2)27-15-14-24(18-26(23)27)32-31(36)40-25-9-5-6-10-25/h4,7-8,11-15,17-19,25H,5-6,9-10,16H2,1-3H3,(H,32,36)(H,33,35)/i2D3,3D3. The minimum absolute atomic E-state index is 0.0373. The zero-order valence-corrected chi connectivity index (χ0v) is 23.1. The monoisotopic (exact) mass is 581 g/mol. The maximum atomic E-state index is 13.1. The van der Waals surface area contributed by atoms with Crippen LogP contribution in [0.2, 0.25) is 0 Å². The van der Waals surface area contributed by atoms with E-state index in [1.165, 1.54) is 30.5 Å². The predicted molar refractivity (Wildman–Crippen MR) is 157 cm³/mol. The van der Waals surface area contributed by atoms with Gasteiger partial charge in [-0.3, -0.25) is 10.1 Å². The molecule has 1 heterocycles. The molecule has 1 saturated carbocycles. The third kappa shape index (κ3) is 6.22. The van der Waals surface area contributed by atoms with Gasteiger partial charge in [-0.1, -0.05) is 24.3 Å². The third-order valence-corrected chi connectivity index (χ3v) is 8.63. The number of hydrogen-bond acceptors (Lipinski definition) is 6. The molecule has 1 aliphatic rings. The smallest absolute Gasteiger partial charge is 0.411 e. The molecule has 0 unspecified atom stereocenters. The molecule has 3 aromatic carbocycles. The molecule has 2 N–H and O–H groups in total. The van der Waals surface area contributed by atoms with Crippen LogP contribution >= 0.6 is 0 Å². The van der Waals surface area contributed by atoms with Crippen molar-refractivity contribution in [3.05, 3.63) is 89.1 Å². The molecule has 2 amide bonds. The number of nitrogens with one attached hydrogen (secondary N) is 2. The Morgan fingerprint density at radius 2 is 1.85 bits per heavy atom. The van der Waals surface area contributed by atoms with E-state index in [9.17, 15) is 18.0 Å². The Bertz CT molecular complexity index is 1930. The number of sulfonamides is 1. The highest BCUT2D eigenvalue weighted by Crippen LogP contribution is 2.30. The molecule has 0 spiro atoms. The van der Waals surface area contributed by atoms with E-state index in [0.29, 0.717) is 27.7 Å². The summed E-state index contributed by atoms with van der Waals surface area (Å²) in [5.41, 5.74) is 1.69. The molecule has 0 radical (unpaired) electrons. The van der Waals surface area contributed by atoms with Crippen molar-refractivity contribution < 1.29 is 35.7 Å². The molecule has 1 aliphatic carbocycles. The van der Waals surface area contributed by atoms with E-state index in [4.69, 9.17) is 17.7 Å². The number of aromatic nitrogens is 1. The topological polar surface area (TPSA) is 116 Å². The first kappa shape index (κ1) is 21.4. The van der Waals surface area contributed by atoms with Crippen molar-refractivity contribution >= 4 is 38.6 Å². The van der Waals surface area contributed by atoms with Crippen molar-refractivity contribution in [2.75, 3.05) is 12.4 Å². The normalized spacial score (nSPS) is 16.5. The second-order valence-corrected chi connectivity index (χ2v) is 11.6. The molecule has 1 fully saturated rings. The second-order valence-electron chi connectivity index (χ2n) is 9.99. The lowest BCUT2D eigenvalue weighted by molar-refractivity contribution is 0.0980. The molecular weight excluding hydrogens is 542 g/mol. The molecule has 4 aromatic rings. The quantitative estimate of drug-likeness (QED) is 0.276. The average Bonchev–Trinajstić information content (AvgIpc) is 3.60. The summed E-state index contributed by atoms with van der Waals surface area (Å²) in [7, 11) is -7.18. The molecule has 214 valence electrons. The van der Waals surface area contributed by atoms with Gasteiger partial charge in [0.2, 0.25) is 0 Å². The lowest BCUT2D eigenvalue weighted by Crippen LogP contribution is -2.31. The Balaban J connectivity index is 1.48. The summed E-state index contributed by atoms with van der Waals surface area (Å²) in [6.07, 6.45) is 4.15. The van der Waals surface area contributed by atoms with Gasteiger partial charge in [0.25, 0.3) is 15.9 Å². The van der Waals surface area contributed by atoms with Crippen LogP contribution in [0.15, 0.2) is 71.8 Å². The third-order valence-electron chi connectivity index (χ3n) is 7.14. The van der Waals surface area contributed by atoms with Gasteiger partial charge in [-0.15, -0.1) is 0 Å². The van der Waals surface area contributed by atoms with Crippen molar-refractivity contribution in [3.8, 4) is 5.75 Å². The number of carbonyl (C=O) groups is 2. The molecule has 0 bridgehead atoms. The number of fused-ring (bicyclic) bond motifs is 1. The fraction of sp³-hybridized carbons (Fsp3) is 0.290. The zero-order chi connectivity index (χ0) is 34.1. The van der Waals surface area contributed by atoms with Crippen LogP contribution in [0.5, 0.6) is 5.75 Å². The minimum Gasteiger partial charge on any atom is -0.496 e. The molecule has 41 heavy (non-hydrogen) atoms. The van der Waals surface area contributed by atoms with E-state index in [0.717, 1.165) is 36.3 Å². The van der Waals surface area contributed by atoms with E-state index in [2.05, 4.69) is 5.32 Å². The average molecular weight is 582 g/mol. The Kier molecular flexibility index (Phi) is 6.10. The molecule has 9 nitrogen and oxygen atoms in total. The number of carbonyl (C=O) groups excluding carboxylic acids is 2. The van der Waals surface area contributed by atoms with Gasteiger partial charge in [-0.05, 0) is 85.7 Å². The van der Waals surface area contributed by atoms with Crippen LogP contribution in [-0.4, -0.2) is 38.1 Å². The number of anilines is 1. The van der Waals surface area contributed by atoms with Crippen LogP contribution in [0.25, 0.3) is 10.9 Å². The van der Waals surface area contributed by atoms with Gasteiger partial charge in [0.05, 0.1) is 16.0 Å². The molecule has 10 heteroatoms. The fourth-order valence-electron chi connectivity index (χ4n) is 5.06. The number of amides is 2. The Morgan fingerprint density at radius 1 is 1.05 bits per heavy atom. The largest absolute Gasteiger partial charge is 0.496 e. The molecule has 0 atom stereocenters. The number of aryl methyl sites for hydroxylation is 2. The molecule has 0 aliphatic heterocycles. The SMILES string of the molecule is [2H]C([2H])([2H])Oc1cc(C(=O)NS(=O)(=O)c2ccccc2C)ccc1Cc1cn(C([2H])([2H])[2H])c2ccc(NC(=O)OC3CCCC3)cc12. The maximum absolute atomic E-state index is 13.1. The Hall–Kier alpha value is -4.31. The van der Waals surface area contributed by atoms with E-state index >= 15 is 0 Å². The van der Waals surface area contributed by atoms with Crippen LogP contribution < -0.4 is 14.8 Å². The molecule has 0 saturated heterocycles. The van der Waals surface area contributed by atoms with Gasteiger partial charge in [0.1, 0.15) is 11.9 Å². The van der Waals surface area contributed by atoms with Gasteiger partial charge < -0.3 is 14.0 Å². The van der Waals surface area contributed by atoms with Crippen molar-refractivity contribution in [1.29, 1.82) is 0 Å². The highest BCUT2D eigenvalue weighted by Gasteiger charge is 2.22. The number of hydrogen-bond donors (Lipinski definition) is 2. The van der Waals surface area contributed by atoms with Crippen molar-refractivity contribution in [1.82, 2.24) is 9.29 Å². The van der Waals surface area contributed by atoms with Crippen LogP contribution in [0, 0.1) is 6.92 Å². The summed E-state index contributed by atoms with van der Waals surface area (Å²) in [5, 5.41) is 3.16. The maximum Gasteiger partial charge on any atom is 0.411 e. The minimum atomic E-state index is -4.25.